The van der Waals surface area contributed by atoms with Gasteiger partial charge in [-0.15, -0.1) is 10.2 Å². The highest BCUT2D eigenvalue weighted by molar-refractivity contribution is 5.70. The van der Waals surface area contributed by atoms with Gasteiger partial charge in [0.15, 0.2) is 0 Å². The first-order chi connectivity index (χ1) is 19.8. The molecule has 3 aromatic rings. The van der Waals surface area contributed by atoms with Crippen molar-refractivity contribution in [3.63, 3.8) is 0 Å². The maximum absolute atomic E-state index is 14.4. The molecule has 3 heterocycles. The Morgan fingerprint density at radius 3 is 2.76 bits per heavy atom. The van der Waals surface area contributed by atoms with Crippen LogP contribution < -0.4 is 5.69 Å². The van der Waals surface area contributed by atoms with E-state index in [9.17, 15) is 14.7 Å². The van der Waals surface area contributed by atoms with E-state index in [-0.39, 0.29) is 23.6 Å². The number of aryl methyl sites for hydroxylation is 1. The fourth-order valence-corrected chi connectivity index (χ4v) is 6.76. The van der Waals surface area contributed by atoms with Crippen molar-refractivity contribution in [1.82, 2.24) is 29.8 Å². The van der Waals surface area contributed by atoms with E-state index in [2.05, 4.69) is 64.6 Å². The first-order valence-electron chi connectivity index (χ1n) is 14.9. The average Bonchev–Trinajstić information content (AvgIpc) is 3.55. The molecule has 4 atom stereocenters. The predicted molar refractivity (Wildman–Crippen MR) is 158 cm³/mol. The number of hydrogen-bond acceptors (Lipinski definition) is 6. The van der Waals surface area contributed by atoms with Gasteiger partial charge in [-0.25, -0.2) is 4.79 Å². The van der Waals surface area contributed by atoms with E-state index in [1.807, 2.05) is 29.1 Å². The molecule has 0 spiro atoms. The quantitative estimate of drug-likeness (QED) is 0.329. The lowest BCUT2D eigenvalue weighted by atomic mass is 9.76. The van der Waals surface area contributed by atoms with E-state index >= 15 is 0 Å². The van der Waals surface area contributed by atoms with Gasteiger partial charge in [-0.05, 0) is 60.8 Å². The molecule has 10 nitrogen and oxygen atoms in total. The molecule has 1 aromatic carbocycles. The second-order valence-electron chi connectivity index (χ2n) is 12.0. The second kappa shape index (κ2) is 12.4. The lowest BCUT2D eigenvalue weighted by molar-refractivity contribution is -0.144. The van der Waals surface area contributed by atoms with Gasteiger partial charge in [0.1, 0.15) is 0 Å². The van der Waals surface area contributed by atoms with E-state index in [0.29, 0.717) is 25.2 Å². The Kier molecular flexibility index (Phi) is 8.65. The van der Waals surface area contributed by atoms with Gasteiger partial charge < -0.3 is 5.11 Å². The lowest BCUT2D eigenvalue weighted by Gasteiger charge is -2.33. The molecule has 2 aromatic heterocycles. The van der Waals surface area contributed by atoms with Crippen LogP contribution in [-0.2, 0) is 23.2 Å². The van der Waals surface area contributed by atoms with Gasteiger partial charge >= 0.3 is 11.7 Å². The Balaban J connectivity index is 1.62. The van der Waals surface area contributed by atoms with Crippen molar-refractivity contribution in [3.05, 3.63) is 64.5 Å². The summed E-state index contributed by atoms with van der Waals surface area (Å²) in [7, 11) is 0. The van der Waals surface area contributed by atoms with Crippen molar-refractivity contribution in [2.45, 2.75) is 90.1 Å². The number of benzene rings is 1. The summed E-state index contributed by atoms with van der Waals surface area (Å²) in [6.45, 7) is 6.87. The molecule has 1 aliphatic heterocycles. The van der Waals surface area contributed by atoms with Crippen LogP contribution in [0, 0.1) is 17.8 Å². The van der Waals surface area contributed by atoms with Gasteiger partial charge in [0.05, 0.1) is 12.0 Å². The molecule has 218 valence electrons. The molecule has 1 saturated carbocycles. The molecule has 1 aliphatic carbocycles. The van der Waals surface area contributed by atoms with E-state index in [1.54, 1.807) is 10.8 Å². The van der Waals surface area contributed by atoms with Crippen molar-refractivity contribution >= 4 is 12.2 Å². The number of nitrogens with one attached hydrogen (secondary N) is 1. The molecule has 2 N–H and O–H groups in total. The standard InChI is InChI=1S/C31H41N7O3/c1-4-5-11-24-19-37(27-25(21(2)3)12-6-7-13-26(27)29(39)40)30(41)38(24)20-31(14-16-32-17-15-31)23-10-8-9-22(18-23)28-33-35-36-34-28/h8-10,14,16-19,21,25-27H,4-7,11-13,15,20H2,1-3H3,(H,39,40)(H,33,34,35,36). The van der Waals surface area contributed by atoms with Crippen molar-refractivity contribution in [1.29, 1.82) is 0 Å². The first-order valence-corrected chi connectivity index (χ1v) is 14.9. The Hall–Kier alpha value is -3.82. The zero-order valence-electron chi connectivity index (χ0n) is 24.2. The number of rotatable bonds is 10. The number of allylic oxidation sites excluding steroid dienone is 1. The molecule has 1 fully saturated rings. The number of tetrazole rings is 1. The zero-order chi connectivity index (χ0) is 29.0. The Bertz CT molecular complexity index is 1450. The van der Waals surface area contributed by atoms with E-state index in [4.69, 9.17) is 0 Å². The van der Waals surface area contributed by atoms with Gasteiger partial charge in [-0.1, -0.05) is 64.3 Å². The van der Waals surface area contributed by atoms with Crippen molar-refractivity contribution in [3.8, 4) is 11.4 Å². The first kappa shape index (κ1) is 28.7. The highest BCUT2D eigenvalue weighted by Crippen LogP contribution is 2.41. The van der Waals surface area contributed by atoms with Crippen LogP contribution in [0.5, 0.6) is 0 Å². The maximum Gasteiger partial charge on any atom is 0.328 e. The van der Waals surface area contributed by atoms with Crippen LogP contribution in [0.4, 0.5) is 0 Å². The molecule has 0 radical (unpaired) electrons. The largest absolute Gasteiger partial charge is 0.481 e. The molecule has 10 heteroatoms. The molecular weight excluding hydrogens is 518 g/mol. The van der Waals surface area contributed by atoms with Crippen LogP contribution in [-0.4, -0.2) is 47.0 Å². The fourth-order valence-electron chi connectivity index (χ4n) is 6.76. The lowest BCUT2D eigenvalue weighted by Crippen LogP contribution is -2.41. The number of aromatic nitrogens is 6. The van der Waals surface area contributed by atoms with E-state index < -0.39 is 17.3 Å². The Morgan fingerprint density at radius 2 is 2.07 bits per heavy atom. The number of imidazole rings is 1. The van der Waals surface area contributed by atoms with Gasteiger partial charge in [0.2, 0.25) is 5.82 Å². The van der Waals surface area contributed by atoms with Crippen LogP contribution in [0.25, 0.3) is 11.4 Å². The minimum Gasteiger partial charge on any atom is -0.481 e. The number of unbranched alkanes of at least 4 members (excludes halogenated alkanes) is 1. The topological polar surface area (TPSA) is 131 Å². The van der Waals surface area contributed by atoms with Crippen LogP contribution in [0.2, 0.25) is 0 Å². The highest BCUT2D eigenvalue weighted by atomic mass is 16.4. The summed E-state index contributed by atoms with van der Waals surface area (Å²) in [5.41, 5.74) is 2.18. The molecular formula is C31H41N7O3. The number of aromatic amines is 1. The molecule has 41 heavy (non-hydrogen) atoms. The maximum atomic E-state index is 14.4. The Morgan fingerprint density at radius 1 is 1.24 bits per heavy atom. The van der Waals surface area contributed by atoms with Gasteiger partial charge in [0.25, 0.3) is 0 Å². The minimum absolute atomic E-state index is 0.119. The summed E-state index contributed by atoms with van der Waals surface area (Å²) >= 11 is 0. The monoisotopic (exact) mass is 559 g/mol. The predicted octanol–water partition coefficient (Wildman–Crippen LogP) is 5.19. The van der Waals surface area contributed by atoms with Crippen LogP contribution in [0.1, 0.15) is 83.0 Å². The number of aliphatic carboxylic acids is 1. The summed E-state index contributed by atoms with van der Waals surface area (Å²) in [4.78, 5) is 31.3. The summed E-state index contributed by atoms with van der Waals surface area (Å²) < 4.78 is 3.70. The summed E-state index contributed by atoms with van der Waals surface area (Å²) in [5, 5.41) is 24.8. The number of aliphatic imine (C=N–C) groups is 1. The van der Waals surface area contributed by atoms with Gasteiger partial charge in [0, 0.05) is 41.8 Å². The normalized spacial score (nSPS) is 24.5. The molecule has 0 amide bonds. The number of H-pyrrole nitrogens is 1. The third-order valence-corrected chi connectivity index (χ3v) is 9.04. The number of carboxylic acid groups (broad SMARTS) is 1. The zero-order valence-corrected chi connectivity index (χ0v) is 24.2. The van der Waals surface area contributed by atoms with Crippen LogP contribution in [0.15, 0.2) is 52.5 Å². The van der Waals surface area contributed by atoms with Crippen LogP contribution in [0.3, 0.4) is 0 Å². The van der Waals surface area contributed by atoms with Crippen LogP contribution >= 0.6 is 0 Å². The molecule has 0 bridgehead atoms. The third kappa shape index (κ3) is 5.83. The van der Waals surface area contributed by atoms with Gasteiger partial charge in [-0.2, -0.15) is 5.21 Å². The molecule has 0 saturated heterocycles. The van der Waals surface area contributed by atoms with Crippen molar-refractivity contribution in [2.24, 2.45) is 22.7 Å². The Labute approximate surface area is 240 Å². The van der Waals surface area contributed by atoms with Gasteiger partial charge in [-0.3, -0.25) is 18.9 Å². The van der Waals surface area contributed by atoms with Crippen molar-refractivity contribution < 1.29 is 9.90 Å². The molecule has 5 rings (SSSR count). The van der Waals surface area contributed by atoms with E-state index in [1.165, 1.54) is 0 Å². The average molecular weight is 560 g/mol. The second-order valence-corrected chi connectivity index (χ2v) is 12.0. The molecule has 4 unspecified atom stereocenters. The van der Waals surface area contributed by atoms with Crippen molar-refractivity contribution in [2.75, 3.05) is 0 Å². The number of nitrogens with zero attached hydrogens (tertiary/aromatic N) is 6. The highest BCUT2D eigenvalue weighted by Gasteiger charge is 2.41. The minimum atomic E-state index is -0.807. The number of hydrogen-bond donors (Lipinski definition) is 2. The summed E-state index contributed by atoms with van der Waals surface area (Å²) in [5.74, 6) is -0.493. The number of carboxylic acids is 1. The SMILES string of the molecule is CCCCc1cn(C2C(C(=O)O)CCCCC2C(C)C)c(=O)n1CC1(c2cccc(-c3nn[nH]n3)c2)C=CN=CC1. The summed E-state index contributed by atoms with van der Waals surface area (Å²) in [6.07, 6.45) is 14.5. The fraction of sp³-hybridized carbons (Fsp3) is 0.548. The van der Waals surface area contributed by atoms with E-state index in [0.717, 1.165) is 55.3 Å². The summed E-state index contributed by atoms with van der Waals surface area (Å²) in [6, 6.07) is 7.68. The smallest absolute Gasteiger partial charge is 0.328 e. The molecule has 2 aliphatic rings. The number of carbonyl (C=O) groups is 1. The third-order valence-electron chi connectivity index (χ3n) is 9.04.